The van der Waals surface area contributed by atoms with Gasteiger partial charge in [-0.05, 0) is 43.5 Å². The molecule has 1 heterocycles. The maximum absolute atomic E-state index is 5.92. The normalized spacial score (nSPS) is 24.3. The topological polar surface area (TPSA) is 12.5 Å². The fraction of sp³-hybridized carbons (Fsp3) is 0.600. The molecule has 3 heteroatoms. The molecule has 1 aromatic rings. The van der Waals surface area contributed by atoms with Crippen molar-refractivity contribution in [2.75, 3.05) is 18.1 Å². The van der Waals surface area contributed by atoms with Gasteiger partial charge in [-0.1, -0.05) is 13.0 Å². The number of benzene rings is 1. The van der Waals surface area contributed by atoms with Gasteiger partial charge in [-0.3, -0.25) is 0 Å². The number of alkyl halides is 1. The summed E-state index contributed by atoms with van der Waals surface area (Å²) in [6, 6.07) is 7.07. The van der Waals surface area contributed by atoms with Crippen molar-refractivity contribution >= 4 is 17.3 Å². The van der Waals surface area contributed by atoms with E-state index in [1.165, 1.54) is 16.8 Å². The Morgan fingerprint density at radius 3 is 2.83 bits per heavy atom. The summed E-state index contributed by atoms with van der Waals surface area (Å²) in [5.41, 5.74) is 3.79. The highest BCUT2D eigenvalue weighted by Gasteiger charge is 2.25. The van der Waals surface area contributed by atoms with Gasteiger partial charge in [0, 0.05) is 18.1 Å². The monoisotopic (exact) mass is 267 g/mol. The maximum atomic E-state index is 5.92. The highest BCUT2D eigenvalue weighted by molar-refractivity contribution is 6.17. The highest BCUT2D eigenvalue weighted by atomic mass is 35.5. The Bertz CT molecular complexity index is 407. The van der Waals surface area contributed by atoms with Gasteiger partial charge >= 0.3 is 0 Å². The molecule has 0 amide bonds. The molecule has 0 bridgehead atoms. The van der Waals surface area contributed by atoms with Gasteiger partial charge in [0.2, 0.25) is 0 Å². The molecule has 0 radical (unpaired) electrons. The Morgan fingerprint density at radius 1 is 1.44 bits per heavy atom. The fourth-order valence-corrected chi connectivity index (χ4v) is 2.81. The summed E-state index contributed by atoms with van der Waals surface area (Å²) in [5.74, 6) is 0.586. The average molecular weight is 268 g/mol. The number of ether oxygens (including phenoxy) is 1. The van der Waals surface area contributed by atoms with Crippen LogP contribution >= 0.6 is 11.6 Å². The molecule has 0 saturated carbocycles. The summed E-state index contributed by atoms with van der Waals surface area (Å²) in [5, 5.41) is 0. The number of aryl methyl sites for hydroxylation is 1. The van der Waals surface area contributed by atoms with Gasteiger partial charge < -0.3 is 9.64 Å². The molecule has 2 rings (SSSR count). The van der Waals surface area contributed by atoms with Crippen LogP contribution in [0.25, 0.3) is 0 Å². The fourth-order valence-electron chi connectivity index (χ4n) is 2.51. The van der Waals surface area contributed by atoms with E-state index < -0.39 is 0 Å². The lowest BCUT2D eigenvalue weighted by Crippen LogP contribution is -2.48. The molecule has 2 atom stereocenters. The summed E-state index contributed by atoms with van der Waals surface area (Å²) < 4.78 is 5.75. The number of hydrogen-bond acceptors (Lipinski definition) is 2. The second-order valence-electron chi connectivity index (χ2n) is 5.10. The van der Waals surface area contributed by atoms with E-state index in [0.717, 1.165) is 19.6 Å². The van der Waals surface area contributed by atoms with Gasteiger partial charge in [-0.15, -0.1) is 11.6 Å². The van der Waals surface area contributed by atoms with Crippen LogP contribution in [-0.2, 0) is 10.6 Å². The SMILES string of the molecule is CCC1COC(C)CN1c1ccc(CCl)c(C)c1. The summed E-state index contributed by atoms with van der Waals surface area (Å²) >= 11 is 5.92. The number of morpholine rings is 1. The van der Waals surface area contributed by atoms with Crippen LogP contribution in [0.5, 0.6) is 0 Å². The van der Waals surface area contributed by atoms with Crippen LogP contribution in [0, 0.1) is 6.92 Å². The van der Waals surface area contributed by atoms with E-state index in [4.69, 9.17) is 16.3 Å². The van der Waals surface area contributed by atoms with Crippen LogP contribution in [-0.4, -0.2) is 25.3 Å². The first-order valence-corrected chi connectivity index (χ1v) is 7.22. The molecule has 1 aliphatic heterocycles. The van der Waals surface area contributed by atoms with E-state index in [1.54, 1.807) is 0 Å². The molecular formula is C15H22ClNO. The van der Waals surface area contributed by atoms with E-state index in [2.05, 4.69) is 43.9 Å². The van der Waals surface area contributed by atoms with Gasteiger partial charge in [0.1, 0.15) is 0 Å². The summed E-state index contributed by atoms with van der Waals surface area (Å²) in [6.07, 6.45) is 1.42. The standard InChI is InChI=1S/C15H22ClNO/c1-4-14-10-18-12(3)9-17(14)15-6-5-13(8-16)11(2)7-15/h5-7,12,14H,4,8-10H2,1-3H3. The number of rotatable bonds is 3. The van der Waals surface area contributed by atoms with Crippen LogP contribution < -0.4 is 4.90 Å². The third kappa shape index (κ3) is 2.81. The third-order valence-corrected chi connectivity index (χ3v) is 4.03. The van der Waals surface area contributed by atoms with Crippen molar-refractivity contribution in [1.29, 1.82) is 0 Å². The Morgan fingerprint density at radius 2 is 2.22 bits per heavy atom. The largest absolute Gasteiger partial charge is 0.375 e. The lowest BCUT2D eigenvalue weighted by atomic mass is 10.1. The average Bonchev–Trinajstić information content (AvgIpc) is 2.38. The van der Waals surface area contributed by atoms with E-state index in [1.807, 2.05) is 0 Å². The first-order chi connectivity index (χ1) is 8.65. The minimum absolute atomic E-state index is 0.306. The molecule has 100 valence electrons. The lowest BCUT2D eigenvalue weighted by Gasteiger charge is -2.40. The molecule has 2 unspecified atom stereocenters. The maximum Gasteiger partial charge on any atom is 0.0723 e. The first kappa shape index (κ1) is 13.7. The molecule has 18 heavy (non-hydrogen) atoms. The number of hydrogen-bond donors (Lipinski definition) is 0. The predicted octanol–water partition coefficient (Wildman–Crippen LogP) is 3.74. The van der Waals surface area contributed by atoms with Gasteiger partial charge in [0.05, 0.1) is 18.8 Å². The van der Waals surface area contributed by atoms with E-state index in [9.17, 15) is 0 Å². The predicted molar refractivity (Wildman–Crippen MR) is 77.6 cm³/mol. The molecule has 1 fully saturated rings. The number of anilines is 1. The van der Waals surface area contributed by atoms with Gasteiger partial charge in [0.15, 0.2) is 0 Å². The summed E-state index contributed by atoms with van der Waals surface area (Å²) in [4.78, 5) is 2.47. The smallest absolute Gasteiger partial charge is 0.0723 e. The number of nitrogens with zero attached hydrogens (tertiary/aromatic N) is 1. The molecule has 1 aromatic carbocycles. The van der Waals surface area contributed by atoms with Crippen molar-refractivity contribution in [2.24, 2.45) is 0 Å². The molecule has 0 spiro atoms. The van der Waals surface area contributed by atoms with Crippen LogP contribution in [0.3, 0.4) is 0 Å². The Hall–Kier alpha value is -0.730. The molecule has 0 aliphatic carbocycles. The molecule has 1 aliphatic rings. The van der Waals surface area contributed by atoms with E-state index >= 15 is 0 Å². The zero-order valence-electron chi connectivity index (χ0n) is 11.4. The highest BCUT2D eigenvalue weighted by Crippen LogP contribution is 2.26. The van der Waals surface area contributed by atoms with Crippen LogP contribution in [0.2, 0.25) is 0 Å². The van der Waals surface area contributed by atoms with E-state index in [-0.39, 0.29) is 0 Å². The lowest BCUT2D eigenvalue weighted by molar-refractivity contribution is 0.0299. The molecule has 0 N–H and O–H groups in total. The zero-order chi connectivity index (χ0) is 13.1. The van der Waals surface area contributed by atoms with Crippen molar-refractivity contribution in [3.63, 3.8) is 0 Å². The minimum Gasteiger partial charge on any atom is -0.375 e. The molecular weight excluding hydrogens is 246 g/mol. The van der Waals surface area contributed by atoms with Crippen LogP contribution in [0.1, 0.15) is 31.4 Å². The Kier molecular flexibility index (Phi) is 4.52. The Labute approximate surface area is 115 Å². The molecule has 1 saturated heterocycles. The minimum atomic E-state index is 0.306. The third-order valence-electron chi connectivity index (χ3n) is 3.74. The zero-order valence-corrected chi connectivity index (χ0v) is 12.2. The van der Waals surface area contributed by atoms with Crippen molar-refractivity contribution in [1.82, 2.24) is 0 Å². The Balaban J connectivity index is 2.25. The van der Waals surface area contributed by atoms with Gasteiger partial charge in [-0.25, -0.2) is 0 Å². The van der Waals surface area contributed by atoms with E-state index in [0.29, 0.717) is 18.0 Å². The van der Waals surface area contributed by atoms with Crippen LogP contribution in [0.4, 0.5) is 5.69 Å². The van der Waals surface area contributed by atoms with Crippen molar-refractivity contribution in [3.8, 4) is 0 Å². The summed E-state index contributed by atoms with van der Waals surface area (Å²) in [7, 11) is 0. The quantitative estimate of drug-likeness (QED) is 0.774. The first-order valence-electron chi connectivity index (χ1n) is 6.69. The molecule has 0 aromatic heterocycles. The second kappa shape index (κ2) is 5.94. The summed E-state index contributed by atoms with van der Waals surface area (Å²) in [6.45, 7) is 8.29. The van der Waals surface area contributed by atoms with Gasteiger partial charge in [-0.2, -0.15) is 0 Å². The van der Waals surface area contributed by atoms with Crippen molar-refractivity contribution in [3.05, 3.63) is 29.3 Å². The van der Waals surface area contributed by atoms with Crippen LogP contribution in [0.15, 0.2) is 18.2 Å². The van der Waals surface area contributed by atoms with Gasteiger partial charge in [0.25, 0.3) is 0 Å². The van der Waals surface area contributed by atoms with Crippen molar-refractivity contribution < 1.29 is 4.74 Å². The number of halogens is 1. The second-order valence-corrected chi connectivity index (χ2v) is 5.37. The van der Waals surface area contributed by atoms with Crippen molar-refractivity contribution in [2.45, 2.75) is 45.2 Å². The molecule has 2 nitrogen and oxygen atoms in total.